The summed E-state index contributed by atoms with van der Waals surface area (Å²) in [6.45, 7) is 2.91. The summed E-state index contributed by atoms with van der Waals surface area (Å²) in [4.78, 5) is 12.1. The summed E-state index contributed by atoms with van der Waals surface area (Å²) < 4.78 is 84.7. The van der Waals surface area contributed by atoms with Crippen molar-refractivity contribution in [3.05, 3.63) is 29.0 Å². The fourth-order valence-corrected chi connectivity index (χ4v) is 2.81. The van der Waals surface area contributed by atoms with E-state index >= 15 is 0 Å². The summed E-state index contributed by atoms with van der Waals surface area (Å²) in [7, 11) is 1.31. The number of carbonyl (C=O) groups excluding carboxylic acids is 1. The molecule has 1 heterocycles. The van der Waals surface area contributed by atoms with Crippen molar-refractivity contribution in [1.82, 2.24) is 4.57 Å². The van der Waals surface area contributed by atoms with Crippen molar-refractivity contribution in [2.45, 2.75) is 31.8 Å². The Balaban J connectivity index is 2.89. The van der Waals surface area contributed by atoms with Crippen molar-refractivity contribution in [1.29, 1.82) is 0 Å². The second-order valence-corrected chi connectivity index (χ2v) is 5.83. The van der Waals surface area contributed by atoms with Gasteiger partial charge in [0.25, 0.3) is 5.60 Å². The van der Waals surface area contributed by atoms with Crippen molar-refractivity contribution in [3.8, 4) is 5.75 Å². The molecule has 0 amide bonds. The van der Waals surface area contributed by atoms with Crippen LogP contribution >= 0.6 is 0 Å². The van der Waals surface area contributed by atoms with Crippen molar-refractivity contribution in [2.75, 3.05) is 6.61 Å². The number of rotatable bonds is 3. The average molecular weight is 399 g/mol. The molecule has 5 nitrogen and oxygen atoms in total. The Morgan fingerprint density at radius 2 is 1.67 bits per heavy atom. The first-order valence-corrected chi connectivity index (χ1v) is 7.53. The lowest BCUT2D eigenvalue weighted by molar-refractivity contribution is -0.376. The molecule has 0 unspecified atom stereocenters. The van der Waals surface area contributed by atoms with Crippen LogP contribution in [-0.2, 0) is 17.4 Å². The third-order valence-electron chi connectivity index (χ3n) is 4.30. The molecule has 0 radical (unpaired) electrons. The average Bonchev–Trinajstić information content (AvgIpc) is 2.74. The Morgan fingerprint density at radius 1 is 1.15 bits per heavy atom. The molecular formula is C16H15F6NO4. The first-order chi connectivity index (χ1) is 12.2. The second-order valence-electron chi connectivity index (χ2n) is 5.83. The fourth-order valence-electron chi connectivity index (χ4n) is 2.81. The highest BCUT2D eigenvalue weighted by Gasteiger charge is 2.72. The third kappa shape index (κ3) is 2.99. The van der Waals surface area contributed by atoms with Crippen molar-refractivity contribution >= 4 is 16.9 Å². The van der Waals surface area contributed by atoms with Crippen LogP contribution in [0.4, 0.5) is 26.3 Å². The van der Waals surface area contributed by atoms with Crippen molar-refractivity contribution in [2.24, 2.45) is 7.05 Å². The van der Waals surface area contributed by atoms with E-state index in [1.165, 1.54) is 20.9 Å². The standard InChI is InChI=1S/C16H15F6NO4/c1-4-27-13(25)12-7(2)23(3)10-6-9(11(24)5-8(10)12)14(26,15(17,18)19)16(20,21)22/h5-6,24,26H,4H2,1-3H3. The molecule has 11 heteroatoms. The molecule has 0 saturated heterocycles. The van der Waals surface area contributed by atoms with Gasteiger partial charge in [-0.05, 0) is 26.0 Å². The van der Waals surface area contributed by atoms with E-state index in [9.17, 15) is 41.4 Å². The normalized spacial score (nSPS) is 13.3. The van der Waals surface area contributed by atoms with Gasteiger partial charge < -0.3 is 19.5 Å². The molecule has 0 aliphatic rings. The van der Waals surface area contributed by atoms with Gasteiger partial charge in [0, 0.05) is 29.2 Å². The molecule has 0 aliphatic heterocycles. The third-order valence-corrected chi connectivity index (χ3v) is 4.30. The Labute approximate surface area is 148 Å². The first-order valence-electron chi connectivity index (χ1n) is 7.53. The van der Waals surface area contributed by atoms with E-state index in [1.54, 1.807) is 0 Å². The number of aromatic hydroxyl groups is 1. The molecule has 2 aromatic rings. The van der Waals surface area contributed by atoms with Crippen molar-refractivity contribution < 1.29 is 46.1 Å². The number of carbonyl (C=O) groups is 1. The molecule has 1 aromatic heterocycles. The molecule has 1 aromatic carbocycles. The predicted molar refractivity (Wildman–Crippen MR) is 81.3 cm³/mol. The second kappa shape index (κ2) is 6.32. The number of hydrogen-bond donors (Lipinski definition) is 2. The van der Waals surface area contributed by atoms with Gasteiger partial charge in [0.15, 0.2) is 0 Å². The van der Waals surface area contributed by atoms with Crippen LogP contribution in [0, 0.1) is 6.92 Å². The van der Waals surface area contributed by atoms with Gasteiger partial charge in [-0.2, -0.15) is 26.3 Å². The summed E-state index contributed by atoms with van der Waals surface area (Å²) in [6, 6.07) is 0.938. The van der Waals surface area contributed by atoms with Gasteiger partial charge in [-0.3, -0.25) is 0 Å². The molecule has 0 spiro atoms. The minimum atomic E-state index is -6.15. The number of aliphatic hydroxyl groups is 1. The number of aromatic nitrogens is 1. The minimum absolute atomic E-state index is 0.0133. The largest absolute Gasteiger partial charge is 0.508 e. The van der Waals surface area contributed by atoms with Crippen LogP contribution in [0.1, 0.15) is 28.5 Å². The van der Waals surface area contributed by atoms with Crippen LogP contribution in [-0.4, -0.2) is 39.7 Å². The van der Waals surface area contributed by atoms with Gasteiger partial charge in [0.05, 0.1) is 12.2 Å². The first kappa shape index (κ1) is 20.9. The smallest absolute Gasteiger partial charge is 0.430 e. The maximum Gasteiger partial charge on any atom is 0.430 e. The maximum atomic E-state index is 13.1. The van der Waals surface area contributed by atoms with E-state index in [0.29, 0.717) is 12.1 Å². The summed E-state index contributed by atoms with van der Waals surface area (Å²) in [5.41, 5.74) is -7.22. The van der Waals surface area contributed by atoms with E-state index in [1.807, 2.05) is 0 Å². The SMILES string of the molecule is CCOC(=O)c1c(C)n(C)c2cc(C(O)(C(F)(F)F)C(F)(F)F)c(O)cc12. The van der Waals surface area contributed by atoms with Gasteiger partial charge in [-0.15, -0.1) is 0 Å². The molecular weight excluding hydrogens is 384 g/mol. The fraction of sp³-hybridized carbons (Fsp3) is 0.438. The number of halogens is 6. The number of nitrogens with zero attached hydrogens (tertiary/aromatic N) is 1. The van der Waals surface area contributed by atoms with Gasteiger partial charge >= 0.3 is 18.3 Å². The van der Waals surface area contributed by atoms with Crippen LogP contribution in [0.25, 0.3) is 10.9 Å². The minimum Gasteiger partial charge on any atom is -0.508 e. The number of ether oxygens (including phenoxy) is 1. The van der Waals surface area contributed by atoms with Gasteiger partial charge in [0.1, 0.15) is 5.75 Å². The Bertz CT molecular complexity index is 883. The van der Waals surface area contributed by atoms with Crippen LogP contribution in [0.15, 0.2) is 12.1 Å². The lowest BCUT2D eigenvalue weighted by atomic mass is 9.90. The van der Waals surface area contributed by atoms with Crippen LogP contribution in [0.2, 0.25) is 0 Å². The van der Waals surface area contributed by atoms with Crippen LogP contribution < -0.4 is 0 Å². The van der Waals surface area contributed by atoms with E-state index in [4.69, 9.17) is 4.74 Å². The number of aryl methyl sites for hydroxylation is 1. The van der Waals surface area contributed by atoms with E-state index in [0.717, 1.165) is 4.57 Å². The summed E-state index contributed by atoms with van der Waals surface area (Å²) in [5, 5.41) is 19.3. The molecule has 150 valence electrons. The van der Waals surface area contributed by atoms with Crippen LogP contribution in [0.3, 0.4) is 0 Å². The molecule has 0 bridgehead atoms. The van der Waals surface area contributed by atoms with Crippen LogP contribution in [0.5, 0.6) is 5.75 Å². The van der Waals surface area contributed by atoms with E-state index in [-0.39, 0.29) is 28.8 Å². The molecule has 0 atom stereocenters. The van der Waals surface area contributed by atoms with E-state index < -0.39 is 35.2 Å². The zero-order chi connectivity index (χ0) is 20.9. The molecule has 27 heavy (non-hydrogen) atoms. The lowest BCUT2D eigenvalue weighted by Gasteiger charge is -2.33. The zero-order valence-corrected chi connectivity index (χ0v) is 14.3. The molecule has 0 saturated carbocycles. The highest BCUT2D eigenvalue weighted by Crippen LogP contribution is 2.53. The molecule has 0 fully saturated rings. The van der Waals surface area contributed by atoms with Gasteiger partial charge in [-0.25, -0.2) is 4.79 Å². The maximum absolute atomic E-state index is 13.1. The lowest BCUT2D eigenvalue weighted by Crippen LogP contribution is -2.53. The monoisotopic (exact) mass is 399 g/mol. The number of fused-ring (bicyclic) bond motifs is 1. The number of alkyl halides is 6. The number of phenols is 1. The summed E-state index contributed by atoms with van der Waals surface area (Å²) >= 11 is 0. The number of hydrogen-bond acceptors (Lipinski definition) is 4. The Morgan fingerprint density at radius 3 is 2.11 bits per heavy atom. The molecule has 0 aliphatic carbocycles. The summed E-state index contributed by atoms with van der Waals surface area (Å²) in [5.74, 6) is -2.31. The highest BCUT2D eigenvalue weighted by molar-refractivity contribution is 6.06. The Hall–Kier alpha value is -2.43. The zero-order valence-electron chi connectivity index (χ0n) is 14.3. The topological polar surface area (TPSA) is 71.7 Å². The number of esters is 1. The quantitative estimate of drug-likeness (QED) is 0.610. The number of phenolic OH excluding ortho intramolecular Hbond substituents is 1. The highest BCUT2D eigenvalue weighted by atomic mass is 19.4. The summed E-state index contributed by atoms with van der Waals surface area (Å²) in [6.07, 6.45) is -12.3. The van der Waals surface area contributed by atoms with Gasteiger partial charge in [0.2, 0.25) is 0 Å². The molecule has 2 rings (SSSR count). The van der Waals surface area contributed by atoms with Gasteiger partial charge in [-0.1, -0.05) is 0 Å². The van der Waals surface area contributed by atoms with E-state index in [2.05, 4.69) is 0 Å². The predicted octanol–water partition coefficient (Wildman–Crippen LogP) is 3.68. The molecule has 2 N–H and O–H groups in total. The van der Waals surface area contributed by atoms with Crippen molar-refractivity contribution in [3.63, 3.8) is 0 Å². The Kier molecular flexibility index (Phi) is 4.89. The number of benzene rings is 1.